The summed E-state index contributed by atoms with van der Waals surface area (Å²) in [5, 5.41) is 2.30. The van der Waals surface area contributed by atoms with Gasteiger partial charge in [0, 0.05) is 18.7 Å². The lowest BCUT2D eigenvalue weighted by atomic mass is 9.93. The first-order chi connectivity index (χ1) is 26.6. The smallest absolute Gasteiger partial charge is 0.227 e. The van der Waals surface area contributed by atoms with Crippen molar-refractivity contribution >= 4 is 22.6 Å². The highest BCUT2D eigenvalue weighted by Crippen LogP contribution is 2.38. The molecule has 2 aromatic heterocycles. The van der Waals surface area contributed by atoms with Crippen molar-refractivity contribution in [1.29, 1.82) is 0 Å². The van der Waals surface area contributed by atoms with E-state index in [1.165, 1.54) is 0 Å². The summed E-state index contributed by atoms with van der Waals surface area (Å²) < 4.78 is 0. The molecule has 0 spiro atoms. The van der Waals surface area contributed by atoms with Gasteiger partial charge in [-0.1, -0.05) is 121 Å². The van der Waals surface area contributed by atoms with Crippen LogP contribution in [0.5, 0.6) is 0 Å². The lowest BCUT2D eigenvalue weighted by Crippen LogP contribution is -2.32. The third kappa shape index (κ3) is 6.60. The lowest BCUT2D eigenvalue weighted by Gasteiger charge is -2.23. The van der Waals surface area contributed by atoms with Gasteiger partial charge in [-0.15, -0.1) is 0 Å². The molecule has 2 N–H and O–H groups in total. The Balaban J connectivity index is 0.925. The van der Waals surface area contributed by atoms with Gasteiger partial charge in [-0.05, 0) is 64.3 Å². The number of carbonyl (C=O) groups is 2. The van der Waals surface area contributed by atoms with E-state index in [9.17, 15) is 9.59 Å². The van der Waals surface area contributed by atoms with Gasteiger partial charge in [-0.2, -0.15) is 0 Å². The Morgan fingerprint density at radius 1 is 0.537 bits per heavy atom. The van der Waals surface area contributed by atoms with Gasteiger partial charge in [0.05, 0.1) is 48.7 Å². The fourth-order valence-electron chi connectivity index (χ4n) is 8.35. The van der Waals surface area contributed by atoms with Crippen LogP contribution in [0.2, 0.25) is 0 Å². The number of hydrogen-bond acceptors (Lipinski definition) is 4. The molecule has 2 aliphatic heterocycles. The summed E-state index contributed by atoms with van der Waals surface area (Å²) in [5.74, 6) is 1.97. The molecule has 8 nitrogen and oxygen atoms in total. The van der Waals surface area contributed by atoms with Crippen LogP contribution in [0.3, 0.4) is 0 Å². The van der Waals surface area contributed by atoms with Crippen LogP contribution in [0.4, 0.5) is 0 Å². The standard InChI is InChI=1S/C46H42N6O2/c53-43(27-31-11-3-1-4-12-31)51-25-9-17-41(51)45-47-29-39(49-45)34-21-19-33(20-22-34)35-23-24-38(37-16-8-7-15-36(35)37)40-30-48-46(50-40)42-18-10-26-52(42)44(54)28-32-13-5-2-6-14-32/h1-8,11-16,19-24,29-30,41-42H,9-10,17-18,25-28H2,(H,47,49)(H,48,50)/t41-,42-/m0/s1. The van der Waals surface area contributed by atoms with Gasteiger partial charge in [-0.3, -0.25) is 9.59 Å². The van der Waals surface area contributed by atoms with Crippen LogP contribution < -0.4 is 0 Å². The number of rotatable bonds is 9. The minimum absolute atomic E-state index is 0.0377. The zero-order valence-electron chi connectivity index (χ0n) is 30.1. The molecule has 0 bridgehead atoms. The quantitative estimate of drug-likeness (QED) is 0.156. The molecule has 9 rings (SSSR count). The number of nitrogens with one attached hydrogen (secondary N) is 2. The Morgan fingerprint density at radius 3 is 1.57 bits per heavy atom. The van der Waals surface area contributed by atoms with Crippen molar-refractivity contribution < 1.29 is 9.59 Å². The van der Waals surface area contributed by atoms with E-state index in [2.05, 4.69) is 70.6 Å². The second-order valence-electron chi connectivity index (χ2n) is 14.5. The van der Waals surface area contributed by atoms with Crippen molar-refractivity contribution in [3.8, 4) is 33.6 Å². The average molecular weight is 711 g/mol. The topological polar surface area (TPSA) is 98.0 Å². The highest BCUT2D eigenvalue weighted by molar-refractivity contribution is 6.04. The highest BCUT2D eigenvalue weighted by Gasteiger charge is 2.33. The van der Waals surface area contributed by atoms with E-state index in [0.717, 1.165) is 106 Å². The third-order valence-corrected chi connectivity index (χ3v) is 11.1. The molecule has 268 valence electrons. The molecule has 2 atom stereocenters. The maximum absolute atomic E-state index is 13.3. The summed E-state index contributed by atoms with van der Waals surface area (Å²) in [6.45, 7) is 1.50. The number of aromatic amines is 2. The number of fused-ring (bicyclic) bond motifs is 1. The van der Waals surface area contributed by atoms with E-state index < -0.39 is 0 Å². The molecule has 2 amide bonds. The van der Waals surface area contributed by atoms with E-state index in [1.54, 1.807) is 0 Å². The first-order valence-electron chi connectivity index (χ1n) is 19.0. The van der Waals surface area contributed by atoms with Crippen molar-refractivity contribution in [1.82, 2.24) is 29.7 Å². The number of likely N-dealkylation sites (tertiary alicyclic amines) is 2. The van der Waals surface area contributed by atoms with E-state index in [-0.39, 0.29) is 23.9 Å². The van der Waals surface area contributed by atoms with Crippen molar-refractivity contribution in [3.63, 3.8) is 0 Å². The lowest BCUT2D eigenvalue weighted by molar-refractivity contribution is -0.132. The maximum Gasteiger partial charge on any atom is 0.227 e. The van der Waals surface area contributed by atoms with Gasteiger partial charge in [0.1, 0.15) is 11.6 Å². The third-order valence-electron chi connectivity index (χ3n) is 11.1. The van der Waals surface area contributed by atoms with Crippen LogP contribution in [0.15, 0.2) is 134 Å². The fourth-order valence-corrected chi connectivity index (χ4v) is 8.35. The molecule has 5 aromatic carbocycles. The molecule has 0 aliphatic carbocycles. The van der Waals surface area contributed by atoms with Crippen LogP contribution in [0.25, 0.3) is 44.4 Å². The fraction of sp³-hybridized carbons (Fsp3) is 0.217. The summed E-state index contributed by atoms with van der Waals surface area (Å²) in [7, 11) is 0. The van der Waals surface area contributed by atoms with E-state index in [4.69, 9.17) is 9.97 Å². The maximum atomic E-state index is 13.3. The molecular formula is C46H42N6O2. The van der Waals surface area contributed by atoms with Gasteiger partial charge in [-0.25, -0.2) is 9.97 Å². The zero-order valence-corrected chi connectivity index (χ0v) is 30.1. The first-order valence-corrected chi connectivity index (χ1v) is 19.0. The summed E-state index contributed by atoms with van der Waals surface area (Å²) in [4.78, 5) is 47.3. The summed E-state index contributed by atoms with van der Waals surface area (Å²) in [6, 6.07) is 41.3. The minimum Gasteiger partial charge on any atom is -0.340 e. The van der Waals surface area contributed by atoms with Crippen LogP contribution in [0, 0.1) is 0 Å². The van der Waals surface area contributed by atoms with Crippen LogP contribution in [-0.4, -0.2) is 54.6 Å². The SMILES string of the molecule is O=C(Cc1ccccc1)N1CCC[C@H]1c1ncc(-c2ccc(-c3ccc(-c4cnc([C@@H]5CCCN5C(=O)Cc5ccccc5)[nH]4)c4ccccc34)cc2)[nH]1. The molecule has 2 aliphatic rings. The molecule has 0 unspecified atom stereocenters. The van der Waals surface area contributed by atoms with Crippen LogP contribution in [-0.2, 0) is 22.4 Å². The normalized spacial score (nSPS) is 17.0. The van der Waals surface area contributed by atoms with Crippen molar-refractivity contribution in [2.75, 3.05) is 13.1 Å². The number of aromatic nitrogens is 4. The Morgan fingerprint density at radius 2 is 1.00 bits per heavy atom. The molecule has 8 heteroatoms. The van der Waals surface area contributed by atoms with Crippen LogP contribution in [0.1, 0.15) is 60.5 Å². The molecule has 4 heterocycles. The number of H-pyrrole nitrogens is 2. The monoisotopic (exact) mass is 710 g/mol. The molecular weight excluding hydrogens is 669 g/mol. The number of benzene rings is 5. The Labute approximate surface area is 314 Å². The molecule has 2 saturated heterocycles. The summed E-state index contributed by atoms with van der Waals surface area (Å²) in [5.41, 5.74) is 8.36. The molecule has 0 saturated carbocycles. The minimum atomic E-state index is -0.0517. The number of imidazole rings is 2. The summed E-state index contributed by atoms with van der Waals surface area (Å²) >= 11 is 0. The van der Waals surface area contributed by atoms with E-state index in [1.807, 2.05) is 82.9 Å². The molecule has 54 heavy (non-hydrogen) atoms. The second-order valence-corrected chi connectivity index (χ2v) is 14.5. The molecule has 0 radical (unpaired) electrons. The Bertz CT molecular complexity index is 2420. The predicted molar refractivity (Wildman–Crippen MR) is 212 cm³/mol. The van der Waals surface area contributed by atoms with Crippen molar-refractivity contribution in [3.05, 3.63) is 156 Å². The largest absolute Gasteiger partial charge is 0.340 e. The number of amides is 2. The zero-order chi connectivity index (χ0) is 36.4. The van der Waals surface area contributed by atoms with Crippen LogP contribution >= 0.6 is 0 Å². The Kier molecular flexibility index (Phi) is 9.09. The predicted octanol–water partition coefficient (Wildman–Crippen LogP) is 9.10. The number of hydrogen-bond donors (Lipinski definition) is 2. The highest BCUT2D eigenvalue weighted by atomic mass is 16.2. The number of carbonyl (C=O) groups excluding carboxylic acids is 2. The van der Waals surface area contributed by atoms with Gasteiger partial charge >= 0.3 is 0 Å². The first kappa shape index (κ1) is 33.5. The average Bonchev–Trinajstić information content (AvgIpc) is 4.06. The van der Waals surface area contributed by atoms with Gasteiger partial charge < -0.3 is 19.8 Å². The van der Waals surface area contributed by atoms with Crippen molar-refractivity contribution in [2.45, 2.75) is 50.6 Å². The Hall–Kier alpha value is -6.28. The second kappa shape index (κ2) is 14.6. The number of nitrogens with zero attached hydrogens (tertiary/aromatic N) is 4. The molecule has 2 fully saturated rings. The van der Waals surface area contributed by atoms with E-state index >= 15 is 0 Å². The van der Waals surface area contributed by atoms with Crippen molar-refractivity contribution in [2.24, 2.45) is 0 Å². The van der Waals surface area contributed by atoms with Gasteiger partial charge in [0.2, 0.25) is 11.8 Å². The van der Waals surface area contributed by atoms with Gasteiger partial charge in [0.25, 0.3) is 0 Å². The van der Waals surface area contributed by atoms with E-state index in [0.29, 0.717) is 12.8 Å². The van der Waals surface area contributed by atoms with Gasteiger partial charge in [0.15, 0.2) is 0 Å². The summed E-state index contributed by atoms with van der Waals surface area (Å²) in [6.07, 6.45) is 8.34. The molecule has 7 aromatic rings.